The Morgan fingerprint density at radius 2 is 1.00 bits per heavy atom. The van der Waals surface area contributed by atoms with E-state index in [1.54, 1.807) is 0 Å². The normalized spacial score (nSPS) is 15.7. The van der Waals surface area contributed by atoms with Crippen LogP contribution >= 0.6 is 0 Å². The van der Waals surface area contributed by atoms with Gasteiger partial charge in [0.05, 0.1) is 22.8 Å². The second-order valence-electron chi connectivity index (χ2n) is 19.8. The fourth-order valence-corrected chi connectivity index (χ4v) is 11.7. The third kappa shape index (κ3) is 8.08. The average molecular weight is 961 g/mol. The quantitative estimate of drug-likeness (QED) is 0.136. The number of fused-ring (bicyclic) bond motifs is 6. The molecule has 14 rings (SSSR count). The minimum atomic E-state index is 0.0932. The van der Waals surface area contributed by atoms with Crippen LogP contribution in [0.5, 0.6) is 0 Å². The SMILES string of the molecule is C1=CC(N(c2ccccc2)c2ccc(N3c4ccc(-c5ccccc5)cc4C4C=C(c5ccc6c(c5)c5cc(-c7ccccc7)ccc5n6-c5cc(-c6ccccc6)cc(-c6ccccc6)n5)C=CC43)cc2)=CCC1. The van der Waals surface area contributed by atoms with Crippen LogP contribution in [-0.2, 0) is 0 Å². The first-order valence-corrected chi connectivity index (χ1v) is 26.2. The fourth-order valence-electron chi connectivity index (χ4n) is 11.7. The van der Waals surface area contributed by atoms with Crippen LogP contribution in [-0.4, -0.2) is 15.6 Å². The lowest BCUT2D eigenvalue weighted by Gasteiger charge is -2.31. The van der Waals surface area contributed by atoms with E-state index < -0.39 is 0 Å². The Bertz CT molecular complexity index is 3980. The number of hydrogen-bond donors (Lipinski definition) is 0. The monoisotopic (exact) mass is 960 g/mol. The van der Waals surface area contributed by atoms with E-state index in [-0.39, 0.29) is 12.0 Å². The Kier molecular flexibility index (Phi) is 11.1. The number of benzene rings is 9. The summed E-state index contributed by atoms with van der Waals surface area (Å²) < 4.78 is 2.37. The van der Waals surface area contributed by atoms with Crippen molar-refractivity contribution in [3.05, 3.63) is 296 Å². The number of para-hydroxylation sites is 1. The minimum absolute atomic E-state index is 0.0932. The summed E-state index contributed by atoms with van der Waals surface area (Å²) in [4.78, 5) is 10.4. The van der Waals surface area contributed by atoms with Gasteiger partial charge in [0.1, 0.15) is 5.82 Å². The van der Waals surface area contributed by atoms with Crippen molar-refractivity contribution >= 4 is 50.1 Å². The van der Waals surface area contributed by atoms with Gasteiger partial charge in [0.25, 0.3) is 0 Å². The second-order valence-corrected chi connectivity index (χ2v) is 19.8. The van der Waals surface area contributed by atoms with Gasteiger partial charge in [-0.25, -0.2) is 4.98 Å². The van der Waals surface area contributed by atoms with Gasteiger partial charge in [-0.1, -0.05) is 188 Å². The summed E-state index contributed by atoms with van der Waals surface area (Å²) in [6, 6.07) is 88.2. The summed E-state index contributed by atoms with van der Waals surface area (Å²) in [7, 11) is 0. The van der Waals surface area contributed by atoms with Gasteiger partial charge in [0.2, 0.25) is 0 Å². The van der Waals surface area contributed by atoms with Gasteiger partial charge < -0.3 is 9.80 Å². The van der Waals surface area contributed by atoms with Gasteiger partial charge in [-0.3, -0.25) is 4.57 Å². The molecule has 0 saturated carbocycles. The number of nitrogens with zero attached hydrogens (tertiary/aromatic N) is 4. The van der Waals surface area contributed by atoms with Crippen LogP contribution < -0.4 is 9.80 Å². The smallest absolute Gasteiger partial charge is 0.138 e. The van der Waals surface area contributed by atoms with Crippen molar-refractivity contribution in [2.45, 2.75) is 24.8 Å². The highest BCUT2D eigenvalue weighted by Crippen LogP contribution is 2.51. The molecular weight excluding hydrogens is 909 g/mol. The van der Waals surface area contributed by atoms with Gasteiger partial charge in [0, 0.05) is 50.7 Å². The first-order chi connectivity index (χ1) is 37.2. The molecule has 0 N–H and O–H groups in total. The zero-order valence-corrected chi connectivity index (χ0v) is 41.4. The lowest BCUT2D eigenvalue weighted by Crippen LogP contribution is -2.29. The molecule has 356 valence electrons. The molecule has 0 fully saturated rings. The first-order valence-electron chi connectivity index (χ1n) is 26.2. The third-order valence-corrected chi connectivity index (χ3v) is 15.3. The highest BCUT2D eigenvalue weighted by molar-refractivity contribution is 6.11. The lowest BCUT2D eigenvalue weighted by atomic mass is 9.85. The maximum atomic E-state index is 5.46. The van der Waals surface area contributed by atoms with Crippen molar-refractivity contribution in [2.24, 2.45) is 0 Å². The van der Waals surface area contributed by atoms with Crippen LogP contribution in [0.15, 0.2) is 285 Å². The standard InChI is InChI=1S/C71H52N4/c1-7-19-49(20-8-1)53-31-39-67-62(43-53)63-45-55(33-40-68(63)74(67)61-37-35-60(36-38-61)73(58-27-15-5-16-28-58)59-29-17-6-18-30-59)56-34-42-70-65(46-56)64-44-54(50-21-9-2-10-22-50)32-41-69(64)75(70)71-48-57(51-23-11-3-12-24-51)47-66(72-71)52-25-13-4-14-26-52/h1-5,7-17,19-48,63,68H,6,18H2. The van der Waals surface area contributed by atoms with Crippen molar-refractivity contribution in [2.75, 3.05) is 9.80 Å². The molecule has 0 radical (unpaired) electrons. The molecular formula is C71H52N4. The molecule has 2 atom stereocenters. The van der Waals surface area contributed by atoms with E-state index in [0.29, 0.717) is 0 Å². The highest BCUT2D eigenvalue weighted by atomic mass is 15.2. The molecule has 0 spiro atoms. The topological polar surface area (TPSA) is 24.3 Å². The molecule has 11 aromatic rings. The van der Waals surface area contributed by atoms with Crippen LogP contribution in [0.4, 0.5) is 22.7 Å². The molecule has 0 bridgehead atoms. The molecule has 0 amide bonds. The van der Waals surface area contributed by atoms with Gasteiger partial charge in [0.15, 0.2) is 0 Å². The molecule has 2 aromatic heterocycles. The maximum Gasteiger partial charge on any atom is 0.138 e. The highest BCUT2D eigenvalue weighted by Gasteiger charge is 2.39. The minimum Gasteiger partial charge on any atom is -0.333 e. The van der Waals surface area contributed by atoms with Crippen LogP contribution in [0.2, 0.25) is 0 Å². The van der Waals surface area contributed by atoms with Crippen molar-refractivity contribution < 1.29 is 0 Å². The Morgan fingerprint density at radius 3 is 1.64 bits per heavy atom. The van der Waals surface area contributed by atoms with E-state index in [2.05, 4.69) is 293 Å². The third-order valence-electron chi connectivity index (χ3n) is 15.3. The predicted molar refractivity (Wildman–Crippen MR) is 314 cm³/mol. The van der Waals surface area contributed by atoms with Gasteiger partial charge in [-0.15, -0.1) is 0 Å². The number of hydrogen-bond acceptors (Lipinski definition) is 3. The summed E-state index contributed by atoms with van der Waals surface area (Å²) in [6.45, 7) is 0. The van der Waals surface area contributed by atoms with E-state index in [1.165, 1.54) is 66.8 Å². The van der Waals surface area contributed by atoms with Crippen molar-refractivity contribution in [1.29, 1.82) is 0 Å². The summed E-state index contributed by atoms with van der Waals surface area (Å²) in [5, 5.41) is 2.38. The largest absolute Gasteiger partial charge is 0.333 e. The summed E-state index contributed by atoms with van der Waals surface area (Å²) in [5.41, 5.74) is 21.0. The van der Waals surface area contributed by atoms with E-state index in [1.807, 2.05) is 0 Å². The molecule has 2 aliphatic carbocycles. The molecule has 2 unspecified atom stereocenters. The van der Waals surface area contributed by atoms with E-state index in [4.69, 9.17) is 4.98 Å². The van der Waals surface area contributed by atoms with Gasteiger partial charge >= 0.3 is 0 Å². The van der Waals surface area contributed by atoms with Gasteiger partial charge in [-0.05, 0) is 154 Å². The Hall–Kier alpha value is -9.51. The number of pyridine rings is 1. The maximum absolute atomic E-state index is 5.46. The van der Waals surface area contributed by atoms with Crippen LogP contribution in [0.1, 0.15) is 29.9 Å². The zero-order chi connectivity index (χ0) is 49.7. The molecule has 3 aliphatic rings. The Morgan fingerprint density at radius 1 is 0.440 bits per heavy atom. The van der Waals surface area contributed by atoms with Crippen LogP contribution in [0, 0.1) is 0 Å². The lowest BCUT2D eigenvalue weighted by molar-refractivity contribution is 0.747. The summed E-state index contributed by atoms with van der Waals surface area (Å²) >= 11 is 0. The van der Waals surface area contributed by atoms with Crippen LogP contribution in [0.25, 0.3) is 77.8 Å². The van der Waals surface area contributed by atoms with Crippen LogP contribution in [0.3, 0.4) is 0 Å². The first kappa shape index (κ1) is 44.2. The molecule has 75 heavy (non-hydrogen) atoms. The molecule has 9 aromatic carbocycles. The zero-order valence-electron chi connectivity index (χ0n) is 41.4. The van der Waals surface area contributed by atoms with E-state index in [0.717, 1.165) is 63.5 Å². The van der Waals surface area contributed by atoms with Crippen molar-refractivity contribution in [3.63, 3.8) is 0 Å². The Balaban J connectivity index is 0.895. The Labute approximate surface area is 438 Å². The molecule has 3 heterocycles. The van der Waals surface area contributed by atoms with Crippen molar-refractivity contribution in [1.82, 2.24) is 9.55 Å². The number of aromatic nitrogens is 2. The molecule has 1 aliphatic heterocycles. The summed E-state index contributed by atoms with van der Waals surface area (Å²) in [5.74, 6) is 1.00. The molecule has 4 heteroatoms. The number of anilines is 4. The number of allylic oxidation sites excluding steroid dienone is 5. The average Bonchev–Trinajstić information content (AvgIpc) is 4.04. The van der Waals surface area contributed by atoms with Gasteiger partial charge in [-0.2, -0.15) is 0 Å². The summed E-state index contributed by atoms with van der Waals surface area (Å²) in [6.07, 6.45) is 16.3. The fraction of sp³-hybridized carbons (Fsp3) is 0.0563. The molecule has 0 saturated heterocycles. The van der Waals surface area contributed by atoms with E-state index >= 15 is 0 Å². The van der Waals surface area contributed by atoms with Crippen molar-refractivity contribution in [3.8, 4) is 50.5 Å². The number of rotatable bonds is 10. The predicted octanol–water partition coefficient (Wildman–Crippen LogP) is 18.5. The second kappa shape index (κ2) is 18.8. The van der Waals surface area contributed by atoms with E-state index in [9.17, 15) is 0 Å². The molecule has 4 nitrogen and oxygen atoms in total.